The lowest BCUT2D eigenvalue weighted by molar-refractivity contribution is -0.122. The van der Waals surface area contributed by atoms with Crippen LogP contribution in [0.5, 0.6) is 0 Å². The summed E-state index contributed by atoms with van der Waals surface area (Å²) in [6, 6.07) is 0.100. The summed E-state index contributed by atoms with van der Waals surface area (Å²) in [6.07, 6.45) is -2.53. The molecule has 0 aromatic carbocycles. The zero-order chi connectivity index (χ0) is 12.6. The van der Waals surface area contributed by atoms with Crippen LogP contribution in [0.2, 0.25) is 0 Å². The molecular weight excluding hydrogens is 323 g/mol. The van der Waals surface area contributed by atoms with Crippen LogP contribution >= 0.6 is 27.7 Å². The molecule has 9 heteroatoms. The lowest BCUT2D eigenvalue weighted by Crippen LogP contribution is -2.25. The molecule has 4 nitrogen and oxygen atoms in total. The number of hydrogen-bond donors (Lipinski definition) is 1. The first-order valence-corrected chi connectivity index (χ1v) is 6.80. The van der Waals surface area contributed by atoms with E-state index < -0.39 is 11.0 Å². The molecule has 96 valence electrons. The molecule has 1 atom stereocenters. The number of hydrogen-bond acceptors (Lipinski definition) is 3. The Morgan fingerprint density at radius 1 is 1.59 bits per heavy atom. The monoisotopic (exact) mass is 331 g/mol. The van der Waals surface area contributed by atoms with Gasteiger partial charge in [0.25, 0.3) is 0 Å². The second-order valence-corrected chi connectivity index (χ2v) is 5.83. The van der Waals surface area contributed by atoms with E-state index in [0.29, 0.717) is 5.16 Å². The summed E-state index contributed by atoms with van der Waals surface area (Å²) < 4.78 is 38.2. The molecule has 2 rings (SSSR count). The van der Waals surface area contributed by atoms with Gasteiger partial charge in [-0.25, -0.2) is 9.89 Å². The molecule has 0 radical (unpaired) electrons. The molecular formula is C8H9BrF3N3OS. The molecule has 1 aromatic rings. The first-order chi connectivity index (χ1) is 7.89. The van der Waals surface area contributed by atoms with E-state index in [1.165, 1.54) is 4.57 Å². The van der Waals surface area contributed by atoms with E-state index in [1.807, 2.05) is 0 Å². The van der Waals surface area contributed by atoms with Crippen LogP contribution in [0.4, 0.5) is 13.2 Å². The van der Waals surface area contributed by atoms with Gasteiger partial charge in [-0.2, -0.15) is 13.2 Å². The Balaban J connectivity index is 2.02. The Labute approximate surface area is 107 Å². The number of aromatic amines is 1. The van der Waals surface area contributed by atoms with Crippen LogP contribution in [0.25, 0.3) is 0 Å². The molecule has 17 heavy (non-hydrogen) atoms. The summed E-state index contributed by atoms with van der Waals surface area (Å²) in [6.45, 7) is 0. The van der Waals surface area contributed by atoms with Gasteiger partial charge in [-0.1, -0.05) is 27.7 Å². The Kier molecular flexibility index (Phi) is 3.58. The van der Waals surface area contributed by atoms with Crippen LogP contribution in [0.15, 0.2) is 9.95 Å². The van der Waals surface area contributed by atoms with Gasteiger partial charge in [-0.15, -0.1) is 5.10 Å². The highest BCUT2D eigenvalue weighted by atomic mass is 79.9. The fourth-order valence-electron chi connectivity index (χ4n) is 1.29. The van der Waals surface area contributed by atoms with Crippen molar-refractivity contribution >= 4 is 27.7 Å². The van der Waals surface area contributed by atoms with Gasteiger partial charge in [0, 0.05) is 11.8 Å². The standard InChI is InChI=1S/C8H9BrF3N3OS/c9-5(8(10,11)12)3-17-7-14-13-6(16)15(7)4-1-2-4/h4-5H,1-3H2,(H,13,16). The second kappa shape index (κ2) is 4.68. The van der Waals surface area contributed by atoms with Crippen molar-refractivity contribution in [3.05, 3.63) is 10.5 Å². The molecule has 1 aliphatic rings. The Bertz CT molecular complexity index is 454. The van der Waals surface area contributed by atoms with Crippen molar-refractivity contribution in [2.24, 2.45) is 0 Å². The number of H-pyrrole nitrogens is 1. The molecule has 1 fully saturated rings. The summed E-state index contributed by atoms with van der Waals surface area (Å²) in [5.41, 5.74) is -0.354. The normalized spacial score (nSPS) is 18.4. The van der Waals surface area contributed by atoms with Gasteiger partial charge in [-0.3, -0.25) is 4.57 Å². The number of nitrogens with zero attached hydrogens (tertiary/aromatic N) is 2. The minimum absolute atomic E-state index is 0.100. The first-order valence-electron chi connectivity index (χ1n) is 4.90. The minimum Gasteiger partial charge on any atom is -0.267 e. The van der Waals surface area contributed by atoms with Crippen LogP contribution in [-0.2, 0) is 0 Å². The van der Waals surface area contributed by atoms with Gasteiger partial charge >= 0.3 is 11.9 Å². The Morgan fingerprint density at radius 2 is 2.24 bits per heavy atom. The van der Waals surface area contributed by atoms with E-state index in [1.54, 1.807) is 0 Å². The summed E-state index contributed by atoms with van der Waals surface area (Å²) in [7, 11) is 0. The topological polar surface area (TPSA) is 50.7 Å². The lowest BCUT2D eigenvalue weighted by Gasteiger charge is -2.12. The average Bonchev–Trinajstić information content (AvgIpc) is 2.99. The van der Waals surface area contributed by atoms with Gasteiger partial charge in [0.15, 0.2) is 5.16 Å². The summed E-state index contributed by atoms with van der Waals surface area (Å²) in [5.74, 6) is -0.208. The summed E-state index contributed by atoms with van der Waals surface area (Å²) >= 11 is 3.49. The maximum atomic E-state index is 12.3. The molecule has 1 saturated carbocycles. The lowest BCUT2D eigenvalue weighted by atomic mass is 10.5. The largest absolute Gasteiger partial charge is 0.402 e. The van der Waals surface area contributed by atoms with Crippen LogP contribution in [0.1, 0.15) is 18.9 Å². The van der Waals surface area contributed by atoms with E-state index in [4.69, 9.17) is 0 Å². The molecule has 1 heterocycles. The minimum atomic E-state index is -4.28. The molecule has 1 unspecified atom stereocenters. The van der Waals surface area contributed by atoms with E-state index in [0.717, 1.165) is 24.6 Å². The summed E-state index contributed by atoms with van der Waals surface area (Å²) in [5, 5.41) is 6.32. The van der Waals surface area contributed by atoms with E-state index >= 15 is 0 Å². The van der Waals surface area contributed by atoms with Crippen LogP contribution in [0.3, 0.4) is 0 Å². The second-order valence-electron chi connectivity index (χ2n) is 3.73. The maximum Gasteiger partial charge on any atom is 0.402 e. The predicted octanol–water partition coefficient (Wildman–Crippen LogP) is 2.32. The zero-order valence-electron chi connectivity index (χ0n) is 8.50. The number of alkyl halides is 4. The third-order valence-corrected chi connectivity index (χ3v) is 4.62. The van der Waals surface area contributed by atoms with E-state index in [-0.39, 0.29) is 17.5 Å². The van der Waals surface area contributed by atoms with Crippen molar-refractivity contribution in [1.29, 1.82) is 0 Å². The van der Waals surface area contributed by atoms with Crippen molar-refractivity contribution in [2.75, 3.05) is 5.75 Å². The van der Waals surface area contributed by atoms with Crippen LogP contribution in [-0.4, -0.2) is 31.5 Å². The Morgan fingerprint density at radius 3 is 2.76 bits per heavy atom. The van der Waals surface area contributed by atoms with Crippen molar-refractivity contribution in [1.82, 2.24) is 14.8 Å². The highest BCUT2D eigenvalue weighted by Gasteiger charge is 2.38. The molecule has 0 spiro atoms. The SMILES string of the molecule is O=c1[nH]nc(SCC(Br)C(F)(F)F)n1C1CC1. The third-order valence-electron chi connectivity index (χ3n) is 2.30. The Hall–Kier alpha value is -0.440. The molecule has 0 bridgehead atoms. The average molecular weight is 332 g/mol. The van der Waals surface area contributed by atoms with Crippen molar-refractivity contribution < 1.29 is 13.2 Å². The van der Waals surface area contributed by atoms with Gasteiger partial charge in [0.05, 0.1) is 0 Å². The predicted molar refractivity (Wildman–Crippen MR) is 60.6 cm³/mol. The number of halogens is 4. The molecule has 0 aliphatic heterocycles. The fraction of sp³-hybridized carbons (Fsp3) is 0.750. The highest BCUT2D eigenvalue weighted by molar-refractivity contribution is 9.09. The van der Waals surface area contributed by atoms with Crippen molar-refractivity contribution in [3.63, 3.8) is 0 Å². The van der Waals surface area contributed by atoms with E-state index in [9.17, 15) is 18.0 Å². The number of thioether (sulfide) groups is 1. The van der Waals surface area contributed by atoms with E-state index in [2.05, 4.69) is 26.1 Å². The third kappa shape index (κ3) is 3.06. The number of aromatic nitrogens is 3. The highest BCUT2D eigenvalue weighted by Crippen LogP contribution is 2.37. The molecule has 0 amide bonds. The van der Waals surface area contributed by atoms with Gasteiger partial charge < -0.3 is 0 Å². The van der Waals surface area contributed by atoms with Crippen LogP contribution in [0, 0.1) is 0 Å². The zero-order valence-corrected chi connectivity index (χ0v) is 10.9. The van der Waals surface area contributed by atoms with Gasteiger partial charge in [0.1, 0.15) is 4.83 Å². The van der Waals surface area contributed by atoms with Crippen molar-refractivity contribution in [3.8, 4) is 0 Å². The van der Waals surface area contributed by atoms with Gasteiger partial charge in [-0.05, 0) is 12.8 Å². The fourth-order valence-corrected chi connectivity index (χ4v) is 2.65. The number of rotatable bonds is 4. The summed E-state index contributed by atoms with van der Waals surface area (Å²) in [4.78, 5) is 9.76. The molecule has 1 aliphatic carbocycles. The maximum absolute atomic E-state index is 12.3. The van der Waals surface area contributed by atoms with Crippen LogP contribution < -0.4 is 5.69 Å². The molecule has 1 aromatic heterocycles. The quantitative estimate of drug-likeness (QED) is 0.680. The molecule has 1 N–H and O–H groups in total. The smallest absolute Gasteiger partial charge is 0.267 e. The van der Waals surface area contributed by atoms with Gasteiger partial charge in [0.2, 0.25) is 0 Å². The molecule has 0 saturated heterocycles. The first kappa shape index (κ1) is 13.0. The number of nitrogens with one attached hydrogen (secondary N) is 1. The van der Waals surface area contributed by atoms with Crippen molar-refractivity contribution in [2.45, 2.75) is 35.0 Å².